The van der Waals surface area contributed by atoms with Crippen LogP contribution in [0.3, 0.4) is 0 Å². The van der Waals surface area contributed by atoms with Gasteiger partial charge in [0.25, 0.3) is 0 Å². The second-order valence-electron chi connectivity index (χ2n) is 11.1. The van der Waals surface area contributed by atoms with Crippen molar-refractivity contribution in [3.05, 3.63) is 83.0 Å². The number of carboxylic acid groups (broad SMARTS) is 1. The molecule has 0 aliphatic carbocycles. The maximum atomic E-state index is 10.5. The van der Waals surface area contributed by atoms with Crippen molar-refractivity contribution in [2.75, 3.05) is 0 Å². The number of fused-ring (bicyclic) bond motifs is 8. The normalized spacial score (nSPS) is 12.3. The van der Waals surface area contributed by atoms with E-state index in [4.69, 9.17) is 5.11 Å². The van der Waals surface area contributed by atoms with Crippen LogP contribution in [0.4, 0.5) is 0 Å². The van der Waals surface area contributed by atoms with Crippen molar-refractivity contribution in [1.82, 2.24) is 19.9 Å². The lowest BCUT2D eigenvalue weighted by atomic mass is 10.1. The van der Waals surface area contributed by atoms with Crippen molar-refractivity contribution in [3.63, 3.8) is 0 Å². The summed E-state index contributed by atoms with van der Waals surface area (Å²) < 4.78 is 0. The average molecular weight is 565 g/mol. The molecule has 3 aromatic rings. The van der Waals surface area contributed by atoms with Crippen LogP contribution in [0, 0.1) is 0 Å². The fourth-order valence-electron chi connectivity index (χ4n) is 4.98. The smallest absolute Gasteiger partial charge is 0.330 e. The summed E-state index contributed by atoms with van der Waals surface area (Å²) in [6.45, 7) is 3.92. The summed E-state index contributed by atoms with van der Waals surface area (Å²) in [6, 6.07) is 16.4. The van der Waals surface area contributed by atoms with E-state index in [-0.39, 0.29) is 0 Å². The van der Waals surface area contributed by atoms with Crippen LogP contribution in [0.15, 0.2) is 60.2 Å². The third-order valence-corrected chi connectivity index (χ3v) is 7.39. The first kappa shape index (κ1) is 30.8. The van der Waals surface area contributed by atoms with Crippen molar-refractivity contribution < 1.29 is 9.90 Å². The molecule has 5 heterocycles. The van der Waals surface area contributed by atoms with E-state index in [9.17, 15) is 4.79 Å². The predicted molar refractivity (Wildman–Crippen MR) is 177 cm³/mol. The lowest BCUT2D eigenvalue weighted by Crippen LogP contribution is -1.95. The molecule has 0 radical (unpaired) electrons. The number of aromatic amines is 2. The molecule has 6 nitrogen and oxygen atoms in total. The second kappa shape index (κ2) is 16.3. The Morgan fingerprint density at radius 3 is 1.36 bits per heavy atom. The molecule has 220 valence electrons. The molecule has 0 spiro atoms. The average Bonchev–Trinajstić information content (AvgIpc) is 3.78. The number of allylic oxidation sites excluding steroid dienone is 1. The van der Waals surface area contributed by atoms with Crippen molar-refractivity contribution in [1.29, 1.82) is 0 Å². The molecule has 2 aliphatic heterocycles. The van der Waals surface area contributed by atoms with Crippen molar-refractivity contribution in [2.45, 2.75) is 84.5 Å². The van der Waals surface area contributed by atoms with Crippen LogP contribution in [0.1, 0.15) is 107 Å². The Morgan fingerprint density at radius 1 is 0.643 bits per heavy atom. The summed E-state index contributed by atoms with van der Waals surface area (Å²) in [4.78, 5) is 26.6. The van der Waals surface area contributed by atoms with Crippen LogP contribution in [-0.4, -0.2) is 31.0 Å². The zero-order chi connectivity index (χ0) is 29.6. The van der Waals surface area contributed by atoms with Crippen LogP contribution in [0.2, 0.25) is 0 Å². The maximum absolute atomic E-state index is 10.5. The largest absolute Gasteiger partial charge is 0.478 e. The van der Waals surface area contributed by atoms with E-state index in [1.54, 1.807) is 6.92 Å². The summed E-state index contributed by atoms with van der Waals surface area (Å²) in [5.74, 6) is -0.790. The molecular weight excluding hydrogens is 520 g/mol. The van der Waals surface area contributed by atoms with Crippen LogP contribution in [-0.2, 0) is 4.79 Å². The van der Waals surface area contributed by atoms with Crippen LogP contribution >= 0.6 is 0 Å². The van der Waals surface area contributed by atoms with Crippen molar-refractivity contribution in [3.8, 4) is 0 Å². The fraction of sp³-hybridized carbons (Fsp3) is 0.361. The Labute approximate surface area is 249 Å². The first-order valence-corrected chi connectivity index (χ1v) is 15.4. The molecule has 0 unspecified atom stereocenters. The Hall–Kier alpha value is -4.19. The van der Waals surface area contributed by atoms with Gasteiger partial charge in [-0.2, -0.15) is 0 Å². The van der Waals surface area contributed by atoms with Crippen molar-refractivity contribution >= 4 is 52.3 Å². The van der Waals surface area contributed by atoms with Crippen LogP contribution < -0.4 is 0 Å². The molecule has 6 heteroatoms. The molecule has 2 aliphatic rings. The highest BCUT2D eigenvalue weighted by Gasteiger charge is 2.01. The van der Waals surface area contributed by atoms with E-state index in [1.807, 2.05) is 54.6 Å². The molecule has 3 N–H and O–H groups in total. The van der Waals surface area contributed by atoms with Gasteiger partial charge in [-0.25, -0.2) is 14.8 Å². The summed E-state index contributed by atoms with van der Waals surface area (Å²) in [5, 5.41) is 8.68. The van der Waals surface area contributed by atoms with Gasteiger partial charge in [-0.3, -0.25) is 0 Å². The van der Waals surface area contributed by atoms with Gasteiger partial charge >= 0.3 is 5.97 Å². The van der Waals surface area contributed by atoms with Crippen LogP contribution in [0.5, 0.6) is 0 Å². The number of hydrogen-bond donors (Lipinski definition) is 3. The number of carboxylic acids is 1. The maximum Gasteiger partial charge on any atom is 0.330 e. The van der Waals surface area contributed by atoms with Gasteiger partial charge in [0.15, 0.2) is 0 Å². The molecule has 0 saturated heterocycles. The van der Waals surface area contributed by atoms with Gasteiger partial charge in [0.2, 0.25) is 0 Å². The SMILES string of the molecule is C1=Cc2cc3ccc(cc4nc(cc5ccc(cc1n2)[nH]5)C=C4)[nH]3.CCCCCCCCCCCCC=C(C)C(=O)O. The molecule has 8 bridgehead atoms. The third-order valence-electron chi connectivity index (χ3n) is 7.39. The summed E-state index contributed by atoms with van der Waals surface area (Å²) in [5.41, 5.74) is 8.34. The number of unbranched alkanes of at least 4 members (excludes halogenated alkanes) is 10. The number of rotatable bonds is 12. The van der Waals surface area contributed by atoms with E-state index in [1.165, 1.54) is 57.8 Å². The summed E-state index contributed by atoms with van der Waals surface area (Å²) in [7, 11) is 0. The number of hydrogen-bond acceptors (Lipinski definition) is 3. The number of carbonyl (C=O) groups is 1. The number of nitrogens with one attached hydrogen (secondary N) is 2. The highest BCUT2D eigenvalue weighted by molar-refractivity contribution is 5.85. The number of aliphatic carboxylic acids is 1. The van der Waals surface area contributed by atoms with Gasteiger partial charge in [-0.15, -0.1) is 0 Å². The van der Waals surface area contributed by atoms with E-state index >= 15 is 0 Å². The number of nitrogens with zero attached hydrogens (tertiary/aromatic N) is 2. The van der Waals surface area contributed by atoms with Crippen molar-refractivity contribution in [2.24, 2.45) is 0 Å². The highest BCUT2D eigenvalue weighted by Crippen LogP contribution is 2.17. The first-order valence-electron chi connectivity index (χ1n) is 15.4. The molecule has 0 amide bonds. The lowest BCUT2D eigenvalue weighted by Gasteiger charge is -2.01. The predicted octanol–water partition coefficient (Wildman–Crippen LogP) is 9.98. The molecule has 0 saturated carbocycles. The Kier molecular flexibility index (Phi) is 11.9. The molecule has 0 aromatic carbocycles. The minimum atomic E-state index is -0.790. The van der Waals surface area contributed by atoms with Gasteiger partial charge in [-0.05, 0) is 92.6 Å². The molecule has 42 heavy (non-hydrogen) atoms. The minimum Gasteiger partial charge on any atom is -0.478 e. The second-order valence-corrected chi connectivity index (χ2v) is 11.1. The summed E-state index contributed by atoms with van der Waals surface area (Å²) >= 11 is 0. The summed E-state index contributed by atoms with van der Waals surface area (Å²) in [6.07, 6.45) is 24.1. The van der Waals surface area contributed by atoms with Gasteiger partial charge < -0.3 is 15.1 Å². The minimum absolute atomic E-state index is 0.478. The van der Waals surface area contributed by atoms with Crippen LogP contribution in [0.25, 0.3) is 46.4 Å². The van der Waals surface area contributed by atoms with Gasteiger partial charge in [0, 0.05) is 27.6 Å². The molecule has 0 fully saturated rings. The Bertz CT molecular complexity index is 1400. The lowest BCUT2D eigenvalue weighted by molar-refractivity contribution is -0.132. The zero-order valence-corrected chi connectivity index (χ0v) is 25.0. The monoisotopic (exact) mass is 564 g/mol. The highest BCUT2D eigenvalue weighted by atomic mass is 16.4. The van der Waals surface area contributed by atoms with Gasteiger partial charge in [0.1, 0.15) is 0 Å². The van der Waals surface area contributed by atoms with Gasteiger partial charge in [-0.1, -0.05) is 70.8 Å². The number of aromatic nitrogens is 4. The zero-order valence-electron chi connectivity index (χ0n) is 25.0. The molecule has 0 atom stereocenters. The molecule has 3 aromatic heterocycles. The number of H-pyrrole nitrogens is 2. The standard InChI is InChI=1S/C20H14N4.C16H30O2/c1-2-14-10-16-5-6-18(23-16)12-20-8-7-19(24-20)11-17-4-3-15(22-17)9-13(1)21-14;1-3-4-5-6-7-8-9-10-11-12-13-14-15(2)16(17)18/h1-12,21,24H;14H,3-13H2,1-2H3,(H,17,18). The Balaban J connectivity index is 0.000000204. The van der Waals surface area contributed by atoms with E-state index in [2.05, 4.69) is 51.1 Å². The first-order chi connectivity index (χ1) is 20.5. The van der Waals surface area contributed by atoms with E-state index in [0.717, 1.165) is 57.7 Å². The molecule has 5 rings (SSSR count). The Morgan fingerprint density at radius 2 is 1.00 bits per heavy atom. The topological polar surface area (TPSA) is 94.7 Å². The van der Waals surface area contributed by atoms with Gasteiger partial charge in [0.05, 0.1) is 22.8 Å². The quantitative estimate of drug-likeness (QED) is 0.104. The molecular formula is C36H44N4O2. The van der Waals surface area contributed by atoms with E-state index in [0.29, 0.717) is 5.57 Å². The van der Waals surface area contributed by atoms with E-state index < -0.39 is 5.97 Å². The fourth-order valence-corrected chi connectivity index (χ4v) is 4.98. The third kappa shape index (κ3) is 10.3.